The van der Waals surface area contributed by atoms with Gasteiger partial charge in [0.15, 0.2) is 29.0 Å². The Labute approximate surface area is 329 Å². The number of rotatable bonds is 7. The van der Waals surface area contributed by atoms with Crippen LogP contribution in [0.1, 0.15) is 59.3 Å². The summed E-state index contributed by atoms with van der Waals surface area (Å²) in [7, 11) is 0. The van der Waals surface area contributed by atoms with Crippen molar-refractivity contribution in [3.8, 4) is 23.2 Å². The van der Waals surface area contributed by atoms with E-state index in [2.05, 4.69) is 69.7 Å². The molecule has 17 nitrogen and oxygen atoms in total. The number of nitrogens with zero attached hydrogens (tertiary/aromatic N) is 11. The minimum absolute atomic E-state index is 0.000304. The Bertz CT molecular complexity index is 3090. The first-order valence-corrected chi connectivity index (χ1v) is 19.0. The van der Waals surface area contributed by atoms with Crippen molar-refractivity contribution in [3.63, 3.8) is 0 Å². The van der Waals surface area contributed by atoms with Crippen LogP contribution < -0.4 is 11.5 Å². The molecule has 1 fully saturated rings. The van der Waals surface area contributed by atoms with Crippen molar-refractivity contribution in [2.75, 3.05) is 18.1 Å². The number of benzene rings is 2. The Morgan fingerprint density at radius 1 is 0.655 bits per heavy atom. The molecule has 2 aromatic carbocycles. The van der Waals surface area contributed by atoms with Crippen molar-refractivity contribution in [1.82, 2.24) is 59.1 Å². The van der Waals surface area contributed by atoms with E-state index >= 15 is 0 Å². The lowest BCUT2D eigenvalue weighted by Gasteiger charge is -2.23. The highest BCUT2D eigenvalue weighted by Gasteiger charge is 2.22. The fourth-order valence-electron chi connectivity index (χ4n) is 7.58. The SMILES string of the molecule is Cc1ccc(-c2nc(N)nc3c(Cc4cccc5[nH]ncc45)cnn23)o1.Cc1ccc(-c2nc(N)nc3c(Cc4cccc5c4cnn5C4CCCCO4)cnn23)o1. The molecule has 0 bridgehead atoms. The highest BCUT2D eigenvalue weighted by Crippen LogP contribution is 2.30. The van der Waals surface area contributed by atoms with Crippen LogP contribution >= 0.6 is 0 Å². The first kappa shape index (κ1) is 35.0. The van der Waals surface area contributed by atoms with Crippen molar-refractivity contribution in [2.45, 2.75) is 52.2 Å². The van der Waals surface area contributed by atoms with Gasteiger partial charge in [0, 0.05) is 41.3 Å². The molecule has 1 aliphatic heterocycles. The molecule has 290 valence electrons. The number of ether oxygens (including phenoxy) is 1. The number of anilines is 2. The summed E-state index contributed by atoms with van der Waals surface area (Å²) in [6.45, 7) is 4.55. The number of nitrogens with one attached hydrogen (secondary N) is 1. The molecule has 5 N–H and O–H groups in total. The van der Waals surface area contributed by atoms with E-state index in [1.807, 2.05) is 73.5 Å². The number of H-pyrrole nitrogens is 1. The standard InChI is InChI=1S/C23H23N7O2.C18H15N7O/c1-14-8-9-19(32-14)22-28-23(24)27-21-16(12-25-30(21)22)11-15-5-4-6-18-17(15)13-26-29(18)20-7-2-3-10-31-20;1-10-5-6-15(26-10)17-23-18(19)22-16-12(8-21-25(16)17)7-11-3-2-4-14-13(11)9-20-24-14/h4-6,8-9,12-13,20H,2-3,7,10-11H2,1H3,(H2,24,27);2-6,8-9H,7H2,1H3,(H2,19,22)(H,20,24). The third-order valence-electron chi connectivity index (χ3n) is 10.3. The molecular formula is C41H38N14O3. The number of fused-ring (bicyclic) bond motifs is 4. The Hall–Kier alpha value is -7.40. The summed E-state index contributed by atoms with van der Waals surface area (Å²) in [6, 6.07) is 19.8. The van der Waals surface area contributed by atoms with Crippen LogP contribution in [0.4, 0.5) is 11.9 Å². The second kappa shape index (κ2) is 14.3. The van der Waals surface area contributed by atoms with Gasteiger partial charge in [-0.25, -0.2) is 4.68 Å². The predicted octanol–water partition coefficient (Wildman–Crippen LogP) is 6.66. The van der Waals surface area contributed by atoms with E-state index in [9.17, 15) is 0 Å². The second-order valence-corrected chi connectivity index (χ2v) is 14.3. The summed E-state index contributed by atoms with van der Waals surface area (Å²) < 4.78 is 22.7. The lowest BCUT2D eigenvalue weighted by molar-refractivity contribution is -0.0366. The maximum absolute atomic E-state index is 6.03. The van der Waals surface area contributed by atoms with Crippen molar-refractivity contribution >= 4 is 45.0 Å². The number of hydrogen-bond acceptors (Lipinski definition) is 13. The molecule has 0 radical (unpaired) electrons. The van der Waals surface area contributed by atoms with Crippen LogP contribution in [0.5, 0.6) is 0 Å². The van der Waals surface area contributed by atoms with Crippen LogP contribution in [0.25, 0.3) is 56.3 Å². The van der Waals surface area contributed by atoms with Crippen LogP contribution in [0.3, 0.4) is 0 Å². The molecule has 58 heavy (non-hydrogen) atoms. The zero-order valence-corrected chi connectivity index (χ0v) is 31.7. The summed E-state index contributed by atoms with van der Waals surface area (Å²) in [5.74, 6) is 4.24. The number of aryl methyl sites for hydroxylation is 2. The molecule has 9 heterocycles. The maximum Gasteiger partial charge on any atom is 0.224 e. The lowest BCUT2D eigenvalue weighted by Crippen LogP contribution is -2.18. The molecule has 1 aliphatic rings. The third-order valence-corrected chi connectivity index (χ3v) is 10.3. The average molecular weight is 775 g/mol. The topological polar surface area (TPSA) is 220 Å². The Kier molecular flexibility index (Phi) is 8.62. The van der Waals surface area contributed by atoms with Gasteiger partial charge in [-0.2, -0.15) is 49.4 Å². The quantitative estimate of drug-likeness (QED) is 0.154. The second-order valence-electron chi connectivity index (χ2n) is 14.3. The number of nitrogens with two attached hydrogens (primary N) is 2. The van der Waals surface area contributed by atoms with Crippen LogP contribution in [0, 0.1) is 13.8 Å². The minimum Gasteiger partial charge on any atom is -0.458 e. The van der Waals surface area contributed by atoms with Crippen molar-refractivity contribution in [1.29, 1.82) is 0 Å². The molecule has 0 amide bonds. The number of aromatic amines is 1. The van der Waals surface area contributed by atoms with Crippen molar-refractivity contribution < 1.29 is 13.6 Å². The summed E-state index contributed by atoms with van der Waals surface area (Å²) in [5, 5.41) is 22.9. The zero-order valence-electron chi connectivity index (χ0n) is 31.7. The highest BCUT2D eigenvalue weighted by atomic mass is 16.5. The Morgan fingerprint density at radius 3 is 1.86 bits per heavy atom. The van der Waals surface area contributed by atoms with Gasteiger partial charge in [-0.1, -0.05) is 24.3 Å². The molecule has 10 aromatic rings. The molecule has 0 aliphatic carbocycles. The molecule has 17 heteroatoms. The molecule has 0 spiro atoms. The molecule has 1 unspecified atom stereocenters. The molecule has 11 rings (SSSR count). The van der Waals surface area contributed by atoms with Gasteiger partial charge in [-0.05, 0) is 80.6 Å². The number of hydrogen-bond donors (Lipinski definition) is 3. The van der Waals surface area contributed by atoms with E-state index in [1.54, 1.807) is 15.2 Å². The summed E-state index contributed by atoms with van der Waals surface area (Å²) in [5.41, 5.74) is 19.6. The van der Waals surface area contributed by atoms with E-state index in [1.165, 1.54) is 0 Å². The van der Waals surface area contributed by atoms with Crippen LogP contribution in [0.2, 0.25) is 0 Å². The lowest BCUT2D eigenvalue weighted by atomic mass is 10.0. The van der Waals surface area contributed by atoms with Gasteiger partial charge in [0.05, 0.1) is 35.8 Å². The molecule has 8 aromatic heterocycles. The predicted molar refractivity (Wildman–Crippen MR) is 216 cm³/mol. The minimum atomic E-state index is 0.000304. The largest absolute Gasteiger partial charge is 0.458 e. The van der Waals surface area contributed by atoms with Gasteiger partial charge in [0.2, 0.25) is 23.5 Å². The van der Waals surface area contributed by atoms with Gasteiger partial charge in [0.25, 0.3) is 0 Å². The first-order valence-electron chi connectivity index (χ1n) is 19.0. The van der Waals surface area contributed by atoms with Crippen LogP contribution in [0.15, 0.2) is 94.3 Å². The Balaban J connectivity index is 0.000000144. The van der Waals surface area contributed by atoms with Gasteiger partial charge < -0.3 is 25.0 Å². The first-order chi connectivity index (χ1) is 28.4. The molecule has 0 saturated carbocycles. The summed E-state index contributed by atoms with van der Waals surface area (Å²) >= 11 is 0. The fourth-order valence-corrected chi connectivity index (χ4v) is 7.58. The fraction of sp³-hybridized carbons (Fsp3) is 0.220. The van der Waals surface area contributed by atoms with Gasteiger partial charge in [0.1, 0.15) is 11.5 Å². The molecule has 1 saturated heterocycles. The van der Waals surface area contributed by atoms with E-state index in [-0.39, 0.29) is 18.1 Å². The Morgan fingerprint density at radius 2 is 1.28 bits per heavy atom. The summed E-state index contributed by atoms with van der Waals surface area (Å²) in [6.07, 6.45) is 11.9. The van der Waals surface area contributed by atoms with Gasteiger partial charge in [-0.3, -0.25) is 5.10 Å². The van der Waals surface area contributed by atoms with Crippen LogP contribution in [-0.4, -0.2) is 65.7 Å². The van der Waals surface area contributed by atoms with Crippen LogP contribution in [-0.2, 0) is 17.6 Å². The monoisotopic (exact) mass is 774 g/mol. The van der Waals surface area contributed by atoms with E-state index in [0.717, 1.165) is 81.4 Å². The maximum atomic E-state index is 6.03. The zero-order chi connectivity index (χ0) is 39.3. The highest BCUT2D eigenvalue weighted by molar-refractivity contribution is 5.83. The van der Waals surface area contributed by atoms with Gasteiger partial charge >= 0.3 is 0 Å². The third kappa shape index (κ3) is 6.36. The number of aromatic nitrogens is 12. The smallest absolute Gasteiger partial charge is 0.224 e. The van der Waals surface area contributed by atoms with Crippen molar-refractivity contribution in [3.05, 3.63) is 119 Å². The van der Waals surface area contributed by atoms with E-state index in [4.69, 9.17) is 25.0 Å². The number of furan rings is 2. The van der Waals surface area contributed by atoms with Crippen molar-refractivity contribution in [2.24, 2.45) is 0 Å². The van der Waals surface area contributed by atoms with E-state index < -0.39 is 0 Å². The van der Waals surface area contributed by atoms with Gasteiger partial charge in [-0.15, -0.1) is 0 Å². The molecule has 1 atom stereocenters. The summed E-state index contributed by atoms with van der Waals surface area (Å²) in [4.78, 5) is 17.5. The van der Waals surface area contributed by atoms with E-state index in [0.29, 0.717) is 47.3 Å². The average Bonchev–Trinajstić information content (AvgIpc) is 4.10. The molecular weight excluding hydrogens is 737 g/mol. The number of nitrogen functional groups attached to an aromatic ring is 2. The normalized spacial score (nSPS) is 14.5.